The number of rotatable bonds is 9. The van der Waals surface area contributed by atoms with Gasteiger partial charge in [0.1, 0.15) is 11.4 Å². The average Bonchev–Trinajstić information content (AvgIpc) is 2.88. The molecular weight excluding hydrogens is 502 g/mol. The number of nitrogens with two attached hydrogens (primary N) is 1. The Labute approximate surface area is 215 Å². The number of hydrogen-bond acceptors (Lipinski definition) is 9. The van der Waals surface area contributed by atoms with Crippen LogP contribution in [0.2, 0.25) is 5.02 Å². The molecule has 0 aliphatic rings. The van der Waals surface area contributed by atoms with E-state index in [0.29, 0.717) is 16.5 Å². The summed E-state index contributed by atoms with van der Waals surface area (Å²) < 4.78 is 7.79. The highest BCUT2D eigenvalue weighted by Gasteiger charge is 2.15. The minimum atomic E-state index is -0.789. The van der Waals surface area contributed by atoms with Crippen molar-refractivity contribution in [3.8, 4) is 11.6 Å². The molecule has 4 rings (SSSR count). The lowest BCUT2D eigenvalue weighted by Crippen LogP contribution is -2.43. The van der Waals surface area contributed by atoms with E-state index >= 15 is 0 Å². The zero-order valence-corrected chi connectivity index (χ0v) is 20.3. The van der Waals surface area contributed by atoms with Crippen LogP contribution in [-0.4, -0.2) is 41.7 Å². The maximum Gasteiger partial charge on any atom is 0.355 e. The van der Waals surface area contributed by atoms with Gasteiger partial charge in [0.15, 0.2) is 0 Å². The Morgan fingerprint density at radius 2 is 1.86 bits per heavy atom. The lowest BCUT2D eigenvalue weighted by Gasteiger charge is -2.16. The van der Waals surface area contributed by atoms with Crippen molar-refractivity contribution in [3.05, 3.63) is 97.7 Å². The minimum Gasteiger partial charge on any atom is -0.438 e. The first kappa shape index (κ1) is 25.5. The van der Waals surface area contributed by atoms with Gasteiger partial charge in [0.25, 0.3) is 5.91 Å². The number of nitrogens with one attached hydrogen (secondary N) is 1. The van der Waals surface area contributed by atoms with Crippen LogP contribution in [0.5, 0.6) is 11.6 Å². The van der Waals surface area contributed by atoms with Crippen LogP contribution in [0.1, 0.15) is 21.6 Å². The molecule has 12 nitrogen and oxygen atoms in total. The van der Waals surface area contributed by atoms with E-state index in [9.17, 15) is 19.5 Å². The molecule has 0 spiro atoms. The summed E-state index contributed by atoms with van der Waals surface area (Å²) in [6.45, 7) is 1.39. The number of aryl methyl sites for hydroxylation is 1. The number of benzene rings is 2. The van der Waals surface area contributed by atoms with Gasteiger partial charge < -0.3 is 20.9 Å². The summed E-state index contributed by atoms with van der Waals surface area (Å²) in [6.07, 6.45) is 2.48. The molecule has 0 unspecified atom stereocenters. The van der Waals surface area contributed by atoms with Gasteiger partial charge >= 0.3 is 11.4 Å². The number of carbonyl (C=O) groups is 1. The number of ether oxygens (including phenoxy) is 1. The lowest BCUT2D eigenvalue weighted by molar-refractivity contribution is 0.0995. The second kappa shape index (κ2) is 11.0. The molecule has 0 fully saturated rings. The summed E-state index contributed by atoms with van der Waals surface area (Å²) in [7, 11) is 0. The summed E-state index contributed by atoms with van der Waals surface area (Å²) in [6, 6.07) is 11.9. The molecule has 2 heterocycles. The molecule has 0 aliphatic heterocycles. The first-order chi connectivity index (χ1) is 17.7. The largest absolute Gasteiger partial charge is 0.438 e. The van der Waals surface area contributed by atoms with Crippen LogP contribution in [-0.2, 0) is 13.1 Å². The monoisotopic (exact) mass is 523 g/mol. The van der Waals surface area contributed by atoms with E-state index < -0.39 is 17.3 Å². The van der Waals surface area contributed by atoms with Gasteiger partial charge in [-0.3, -0.25) is 9.36 Å². The first-order valence-corrected chi connectivity index (χ1v) is 11.4. The fourth-order valence-corrected chi connectivity index (χ4v) is 3.52. The third-order valence-electron chi connectivity index (χ3n) is 5.25. The molecule has 0 bridgehead atoms. The van der Waals surface area contributed by atoms with E-state index in [1.165, 1.54) is 17.0 Å². The predicted molar refractivity (Wildman–Crippen MR) is 135 cm³/mol. The van der Waals surface area contributed by atoms with Crippen LogP contribution < -0.4 is 27.2 Å². The molecule has 0 radical (unpaired) electrons. The van der Waals surface area contributed by atoms with Crippen molar-refractivity contribution in [1.29, 1.82) is 0 Å². The maximum absolute atomic E-state index is 13.1. The third-order valence-corrected chi connectivity index (χ3v) is 5.67. The molecule has 4 aromatic rings. The van der Waals surface area contributed by atoms with Crippen molar-refractivity contribution in [3.63, 3.8) is 0 Å². The SMILES string of the molecule is Cc1cc(Cn2c(Nc3ccc(Oc4cnc(C(N)=O)cn4)cc3)nc(=O)n(CCO)c2=O)ccc1Cl. The zero-order valence-electron chi connectivity index (χ0n) is 19.6. The standard InChI is InChI=1S/C24H22ClN7O5/c1-14-10-15(2-7-18(14)25)13-32-22(30-23(35)31(8-9-33)24(32)36)29-16-3-5-17(6-4-16)37-20-12-27-19(11-28-20)21(26)34/h2-7,10-12,33H,8-9,13H2,1H3,(H2,26,34)(H,29,30,35). The maximum atomic E-state index is 13.1. The number of nitrogens with zero attached hydrogens (tertiary/aromatic N) is 5. The zero-order chi connectivity index (χ0) is 26.5. The van der Waals surface area contributed by atoms with Crippen LogP contribution in [0.4, 0.5) is 11.6 Å². The van der Waals surface area contributed by atoms with Gasteiger partial charge in [-0.1, -0.05) is 23.7 Å². The Balaban J connectivity index is 1.60. The molecule has 1 amide bonds. The van der Waals surface area contributed by atoms with Crippen LogP contribution >= 0.6 is 11.6 Å². The number of carbonyl (C=O) groups excluding carboxylic acids is 1. The van der Waals surface area contributed by atoms with Crippen molar-refractivity contribution in [2.45, 2.75) is 20.0 Å². The van der Waals surface area contributed by atoms with Crippen molar-refractivity contribution in [1.82, 2.24) is 24.1 Å². The highest BCUT2D eigenvalue weighted by atomic mass is 35.5. The summed E-state index contributed by atoms with van der Waals surface area (Å²) in [5, 5.41) is 12.9. The number of aliphatic hydroxyl groups is 1. The van der Waals surface area contributed by atoms with Gasteiger partial charge in [0, 0.05) is 10.7 Å². The molecule has 0 saturated carbocycles. The molecule has 190 valence electrons. The lowest BCUT2D eigenvalue weighted by atomic mass is 10.1. The fourth-order valence-electron chi connectivity index (χ4n) is 3.40. The summed E-state index contributed by atoms with van der Waals surface area (Å²) in [5.74, 6) is -0.0887. The van der Waals surface area contributed by atoms with Crippen molar-refractivity contribution >= 4 is 29.1 Å². The first-order valence-electron chi connectivity index (χ1n) is 11.0. The summed E-state index contributed by atoms with van der Waals surface area (Å²) >= 11 is 6.12. The molecule has 37 heavy (non-hydrogen) atoms. The van der Waals surface area contributed by atoms with Gasteiger partial charge in [0.2, 0.25) is 11.8 Å². The Bertz CT molecular complexity index is 1550. The molecule has 0 aliphatic carbocycles. The Hall–Kier alpha value is -4.55. The highest BCUT2D eigenvalue weighted by Crippen LogP contribution is 2.23. The number of anilines is 2. The number of halogens is 1. The van der Waals surface area contributed by atoms with E-state index in [4.69, 9.17) is 22.1 Å². The van der Waals surface area contributed by atoms with E-state index in [1.807, 2.05) is 13.0 Å². The molecule has 2 aromatic heterocycles. The van der Waals surface area contributed by atoms with E-state index in [2.05, 4.69) is 20.3 Å². The van der Waals surface area contributed by atoms with Gasteiger partial charge in [-0.05, 0) is 48.4 Å². The highest BCUT2D eigenvalue weighted by molar-refractivity contribution is 6.31. The summed E-state index contributed by atoms with van der Waals surface area (Å²) in [4.78, 5) is 48.6. The van der Waals surface area contributed by atoms with E-state index in [0.717, 1.165) is 15.7 Å². The Kier molecular flexibility index (Phi) is 7.60. The number of aromatic nitrogens is 5. The van der Waals surface area contributed by atoms with E-state index in [1.54, 1.807) is 36.4 Å². The van der Waals surface area contributed by atoms with Crippen molar-refractivity contribution in [2.75, 3.05) is 11.9 Å². The molecule has 2 aromatic carbocycles. The van der Waals surface area contributed by atoms with Crippen molar-refractivity contribution < 1.29 is 14.6 Å². The second-order valence-corrected chi connectivity index (χ2v) is 8.31. The Morgan fingerprint density at radius 1 is 1.11 bits per heavy atom. The van der Waals surface area contributed by atoms with Crippen LogP contribution in [0.15, 0.2) is 64.4 Å². The molecule has 4 N–H and O–H groups in total. The number of amides is 1. The van der Waals surface area contributed by atoms with E-state index in [-0.39, 0.29) is 37.2 Å². The second-order valence-electron chi connectivity index (χ2n) is 7.90. The smallest absolute Gasteiger partial charge is 0.355 e. The normalized spacial score (nSPS) is 10.8. The van der Waals surface area contributed by atoms with Gasteiger partial charge in [-0.15, -0.1) is 0 Å². The summed E-state index contributed by atoms with van der Waals surface area (Å²) in [5.41, 5.74) is 5.89. The third kappa shape index (κ3) is 6.00. The van der Waals surface area contributed by atoms with Crippen LogP contribution in [0, 0.1) is 6.92 Å². The molecule has 0 atom stereocenters. The quantitative estimate of drug-likeness (QED) is 0.296. The Morgan fingerprint density at radius 3 is 2.49 bits per heavy atom. The van der Waals surface area contributed by atoms with Gasteiger partial charge in [-0.2, -0.15) is 4.98 Å². The minimum absolute atomic E-state index is 0.0140. The number of aliphatic hydroxyl groups excluding tert-OH is 1. The topological polar surface area (TPSA) is 167 Å². The molecule has 0 saturated heterocycles. The van der Waals surface area contributed by atoms with Gasteiger partial charge in [-0.25, -0.2) is 24.1 Å². The molecular formula is C24H22ClN7O5. The molecule has 13 heteroatoms. The fraction of sp³-hybridized carbons (Fsp3) is 0.167. The van der Waals surface area contributed by atoms with Crippen molar-refractivity contribution in [2.24, 2.45) is 5.73 Å². The van der Waals surface area contributed by atoms with Gasteiger partial charge in [0.05, 0.1) is 32.1 Å². The van der Waals surface area contributed by atoms with Crippen LogP contribution in [0.3, 0.4) is 0 Å². The number of primary amides is 1. The number of hydrogen-bond donors (Lipinski definition) is 3. The predicted octanol–water partition coefficient (Wildman–Crippen LogP) is 1.83. The van der Waals surface area contributed by atoms with Crippen LogP contribution in [0.25, 0.3) is 0 Å². The average molecular weight is 524 g/mol.